The number of rotatable bonds is 4. The van der Waals surface area contributed by atoms with Crippen LogP contribution in [-0.4, -0.2) is 57.2 Å². The van der Waals surface area contributed by atoms with Crippen molar-refractivity contribution in [3.63, 3.8) is 0 Å². The number of likely N-dealkylation sites (N-methyl/N-ethyl adjacent to an activating group) is 1. The molecule has 0 saturated carbocycles. The minimum atomic E-state index is -0.827. The summed E-state index contributed by atoms with van der Waals surface area (Å²) < 4.78 is 6.58. The number of benzene rings is 1. The maximum atomic E-state index is 11.9. The van der Waals surface area contributed by atoms with E-state index in [1.54, 1.807) is 38.4 Å². The van der Waals surface area contributed by atoms with Gasteiger partial charge in [-0.3, -0.25) is 4.79 Å². The van der Waals surface area contributed by atoms with Crippen molar-refractivity contribution in [2.75, 3.05) is 14.1 Å². The van der Waals surface area contributed by atoms with Crippen LogP contribution in [0.3, 0.4) is 0 Å². The Morgan fingerprint density at radius 1 is 1.24 bits per heavy atom. The first-order valence-electron chi connectivity index (χ1n) is 6.24. The van der Waals surface area contributed by atoms with Gasteiger partial charge in [-0.1, -0.05) is 0 Å². The molecule has 0 bridgehead atoms. The zero-order valence-corrected chi connectivity index (χ0v) is 11.9. The molecule has 21 heavy (non-hydrogen) atoms. The first kappa shape index (κ1) is 14.6. The molecule has 1 atom stereocenters. The molecule has 2 aromatic rings. The zero-order chi connectivity index (χ0) is 15.4. The first-order valence-corrected chi connectivity index (χ1v) is 6.24. The second-order valence-electron chi connectivity index (χ2n) is 4.58. The van der Waals surface area contributed by atoms with Crippen LogP contribution in [0.15, 0.2) is 30.6 Å². The van der Waals surface area contributed by atoms with Crippen LogP contribution in [-0.2, 0) is 9.53 Å². The third kappa shape index (κ3) is 3.41. The Labute approximate surface area is 121 Å². The third-order valence-corrected chi connectivity index (χ3v) is 2.79. The molecule has 1 heterocycles. The lowest BCUT2D eigenvalue weighted by molar-refractivity contribution is -0.137. The van der Waals surface area contributed by atoms with Crippen molar-refractivity contribution in [3.05, 3.63) is 36.2 Å². The number of nitrogens with zero attached hydrogens (tertiary/aromatic N) is 5. The van der Waals surface area contributed by atoms with Crippen molar-refractivity contribution in [2.45, 2.75) is 13.0 Å². The van der Waals surface area contributed by atoms with Crippen molar-refractivity contribution in [2.24, 2.45) is 0 Å². The van der Waals surface area contributed by atoms with Crippen LogP contribution in [0, 0.1) is 0 Å². The summed E-state index contributed by atoms with van der Waals surface area (Å²) in [6.45, 7) is 1.54. The quantitative estimate of drug-likeness (QED) is 0.752. The fourth-order valence-corrected chi connectivity index (χ4v) is 1.67. The maximum absolute atomic E-state index is 11.9. The molecule has 0 radical (unpaired) electrons. The molecule has 0 saturated heterocycles. The van der Waals surface area contributed by atoms with E-state index in [0.29, 0.717) is 11.3 Å². The highest BCUT2D eigenvalue weighted by atomic mass is 16.5. The molecule has 110 valence electrons. The Morgan fingerprint density at radius 3 is 2.43 bits per heavy atom. The van der Waals surface area contributed by atoms with Gasteiger partial charge in [-0.15, -0.1) is 5.10 Å². The normalized spacial score (nSPS) is 11.8. The topological polar surface area (TPSA) is 90.2 Å². The molecule has 0 N–H and O–H groups in total. The number of hydrogen-bond donors (Lipinski definition) is 0. The van der Waals surface area contributed by atoms with Gasteiger partial charge in [0, 0.05) is 14.1 Å². The molecule has 0 fully saturated rings. The van der Waals surface area contributed by atoms with Crippen LogP contribution in [0.25, 0.3) is 5.69 Å². The number of tetrazole rings is 1. The molecular weight excluding hydrogens is 274 g/mol. The number of carbonyl (C=O) groups excluding carboxylic acids is 2. The summed E-state index contributed by atoms with van der Waals surface area (Å²) in [5, 5.41) is 10.8. The van der Waals surface area contributed by atoms with Crippen LogP contribution in [0.1, 0.15) is 17.3 Å². The van der Waals surface area contributed by atoms with Gasteiger partial charge >= 0.3 is 5.97 Å². The highest BCUT2D eigenvalue weighted by Gasteiger charge is 2.20. The second-order valence-corrected chi connectivity index (χ2v) is 4.58. The molecule has 1 aromatic carbocycles. The van der Waals surface area contributed by atoms with Crippen LogP contribution < -0.4 is 0 Å². The van der Waals surface area contributed by atoms with E-state index >= 15 is 0 Å². The Balaban J connectivity index is 2.05. The van der Waals surface area contributed by atoms with E-state index < -0.39 is 12.1 Å². The molecule has 0 unspecified atom stereocenters. The molecule has 8 heteroatoms. The van der Waals surface area contributed by atoms with E-state index in [0.717, 1.165) is 0 Å². The lowest BCUT2D eigenvalue weighted by Gasteiger charge is -2.17. The van der Waals surface area contributed by atoms with E-state index in [4.69, 9.17) is 4.74 Å². The number of amides is 1. The van der Waals surface area contributed by atoms with Crippen LogP contribution in [0.5, 0.6) is 0 Å². The van der Waals surface area contributed by atoms with E-state index in [1.165, 1.54) is 22.8 Å². The zero-order valence-electron chi connectivity index (χ0n) is 11.9. The summed E-state index contributed by atoms with van der Waals surface area (Å²) in [5.41, 5.74) is 1.07. The molecule has 2 rings (SSSR count). The molecule has 0 aliphatic heterocycles. The summed E-state index contributed by atoms with van der Waals surface area (Å²) >= 11 is 0. The summed E-state index contributed by atoms with van der Waals surface area (Å²) in [4.78, 5) is 25.0. The molecule has 1 amide bonds. The van der Waals surface area contributed by atoms with Crippen molar-refractivity contribution >= 4 is 11.9 Å². The van der Waals surface area contributed by atoms with Crippen LogP contribution >= 0.6 is 0 Å². The fourth-order valence-electron chi connectivity index (χ4n) is 1.67. The summed E-state index contributed by atoms with van der Waals surface area (Å²) in [6, 6.07) is 6.55. The summed E-state index contributed by atoms with van der Waals surface area (Å²) in [6.07, 6.45) is 0.622. The number of carbonyl (C=O) groups is 2. The average molecular weight is 289 g/mol. The summed E-state index contributed by atoms with van der Waals surface area (Å²) in [5.74, 6) is -0.824. The molecular formula is C13H15N5O3. The number of ether oxygens (including phenoxy) is 1. The summed E-state index contributed by atoms with van der Waals surface area (Å²) in [7, 11) is 3.21. The SMILES string of the molecule is C[C@H](OC(=O)c1ccc(-n2cnnn2)cc1)C(=O)N(C)C. The van der Waals surface area contributed by atoms with Gasteiger partial charge in [0.1, 0.15) is 6.33 Å². The van der Waals surface area contributed by atoms with Gasteiger partial charge in [0.15, 0.2) is 6.10 Å². The predicted molar refractivity (Wildman–Crippen MR) is 72.7 cm³/mol. The van der Waals surface area contributed by atoms with Gasteiger partial charge in [-0.05, 0) is 41.6 Å². The van der Waals surface area contributed by atoms with Gasteiger partial charge in [-0.2, -0.15) is 0 Å². The van der Waals surface area contributed by atoms with E-state index in [1.807, 2.05) is 0 Å². The van der Waals surface area contributed by atoms with Gasteiger partial charge < -0.3 is 9.64 Å². The Morgan fingerprint density at radius 2 is 1.90 bits per heavy atom. The van der Waals surface area contributed by atoms with Crippen LogP contribution in [0.4, 0.5) is 0 Å². The van der Waals surface area contributed by atoms with Crippen LogP contribution in [0.2, 0.25) is 0 Å². The minimum absolute atomic E-state index is 0.270. The van der Waals surface area contributed by atoms with Gasteiger partial charge in [0.25, 0.3) is 5.91 Å². The first-order chi connectivity index (χ1) is 9.99. The monoisotopic (exact) mass is 289 g/mol. The van der Waals surface area contributed by atoms with Crippen molar-refractivity contribution < 1.29 is 14.3 Å². The highest BCUT2D eigenvalue weighted by molar-refractivity contribution is 5.92. The number of hydrogen-bond acceptors (Lipinski definition) is 6. The smallest absolute Gasteiger partial charge is 0.338 e. The lowest BCUT2D eigenvalue weighted by Crippen LogP contribution is -2.34. The largest absolute Gasteiger partial charge is 0.449 e. The predicted octanol–water partition coefficient (Wildman–Crippen LogP) is 0.296. The Bertz CT molecular complexity index is 622. The third-order valence-electron chi connectivity index (χ3n) is 2.79. The van der Waals surface area contributed by atoms with Gasteiger partial charge in [0.2, 0.25) is 0 Å². The standard InChI is InChI=1S/C13H15N5O3/c1-9(12(19)17(2)3)21-13(20)10-4-6-11(7-5-10)18-8-14-15-16-18/h4-9H,1-3H3/t9-/m0/s1. The molecule has 0 aliphatic carbocycles. The highest BCUT2D eigenvalue weighted by Crippen LogP contribution is 2.10. The van der Waals surface area contributed by atoms with Crippen molar-refractivity contribution in [3.8, 4) is 5.69 Å². The molecule has 1 aromatic heterocycles. The molecule has 0 spiro atoms. The van der Waals surface area contributed by atoms with E-state index in [2.05, 4.69) is 15.5 Å². The molecule has 8 nitrogen and oxygen atoms in total. The Kier molecular flexibility index (Phi) is 4.27. The minimum Gasteiger partial charge on any atom is -0.449 e. The van der Waals surface area contributed by atoms with E-state index in [-0.39, 0.29) is 5.91 Å². The molecule has 0 aliphatic rings. The lowest BCUT2D eigenvalue weighted by atomic mass is 10.2. The van der Waals surface area contributed by atoms with Crippen molar-refractivity contribution in [1.82, 2.24) is 25.1 Å². The van der Waals surface area contributed by atoms with E-state index in [9.17, 15) is 9.59 Å². The second kappa shape index (κ2) is 6.12. The number of esters is 1. The Hall–Kier alpha value is -2.77. The average Bonchev–Trinajstić information content (AvgIpc) is 3.00. The maximum Gasteiger partial charge on any atom is 0.338 e. The number of aromatic nitrogens is 4. The fraction of sp³-hybridized carbons (Fsp3) is 0.308. The van der Waals surface area contributed by atoms with Crippen molar-refractivity contribution in [1.29, 1.82) is 0 Å². The van der Waals surface area contributed by atoms with Gasteiger partial charge in [-0.25, -0.2) is 9.48 Å². The van der Waals surface area contributed by atoms with Gasteiger partial charge in [0.05, 0.1) is 11.3 Å².